The van der Waals surface area contributed by atoms with Gasteiger partial charge in [-0.25, -0.2) is 0 Å². The van der Waals surface area contributed by atoms with Crippen molar-refractivity contribution in [2.75, 3.05) is 0 Å². The molecule has 1 unspecified atom stereocenters. The van der Waals surface area contributed by atoms with Gasteiger partial charge in [0.2, 0.25) is 5.91 Å². The largest absolute Gasteiger partial charge is 0.361 e. The molecule has 4 aromatic rings. The normalized spacial score (nSPS) is 12.3. The first kappa shape index (κ1) is 16.4. The minimum Gasteiger partial charge on any atom is -0.361 e. The van der Waals surface area contributed by atoms with Crippen LogP contribution in [0.3, 0.4) is 0 Å². The number of carbonyl (C=O) groups is 1. The summed E-state index contributed by atoms with van der Waals surface area (Å²) in [5, 5.41) is 6.74. The summed E-state index contributed by atoms with van der Waals surface area (Å²) in [5.41, 5.74) is 3.44. The zero-order valence-electron chi connectivity index (χ0n) is 14.8. The average Bonchev–Trinajstić information content (AvgIpc) is 3.09. The van der Waals surface area contributed by atoms with Gasteiger partial charge in [0.15, 0.2) is 0 Å². The molecule has 1 heterocycles. The van der Waals surface area contributed by atoms with Crippen molar-refractivity contribution in [3.8, 4) is 0 Å². The highest BCUT2D eigenvalue weighted by molar-refractivity contribution is 5.85. The zero-order chi connectivity index (χ0) is 17.9. The third kappa shape index (κ3) is 3.33. The van der Waals surface area contributed by atoms with Crippen LogP contribution in [-0.4, -0.2) is 10.9 Å². The van der Waals surface area contributed by atoms with E-state index < -0.39 is 0 Å². The Labute approximate surface area is 153 Å². The maximum Gasteiger partial charge on any atom is 0.220 e. The molecule has 3 heteroatoms. The van der Waals surface area contributed by atoms with Crippen molar-refractivity contribution in [2.24, 2.45) is 0 Å². The van der Waals surface area contributed by atoms with Crippen molar-refractivity contribution in [2.45, 2.75) is 25.8 Å². The van der Waals surface area contributed by atoms with Crippen LogP contribution in [0.25, 0.3) is 21.7 Å². The number of rotatable bonds is 5. The fraction of sp³-hybridized carbons (Fsp3) is 0.174. The van der Waals surface area contributed by atoms with Crippen LogP contribution in [0.4, 0.5) is 0 Å². The van der Waals surface area contributed by atoms with Crippen LogP contribution in [0.2, 0.25) is 0 Å². The lowest BCUT2D eigenvalue weighted by molar-refractivity contribution is -0.121. The summed E-state index contributed by atoms with van der Waals surface area (Å²) in [6.45, 7) is 2.04. The first-order valence-electron chi connectivity index (χ1n) is 9.04. The second kappa shape index (κ2) is 7.04. The summed E-state index contributed by atoms with van der Waals surface area (Å²) in [7, 11) is 0. The Morgan fingerprint density at radius 1 is 1.00 bits per heavy atom. The van der Waals surface area contributed by atoms with Gasteiger partial charge in [0, 0.05) is 23.5 Å². The molecule has 0 aliphatic carbocycles. The number of aromatic amines is 1. The lowest BCUT2D eigenvalue weighted by Crippen LogP contribution is -2.26. The van der Waals surface area contributed by atoms with Gasteiger partial charge in [-0.05, 0) is 47.4 Å². The monoisotopic (exact) mass is 342 g/mol. The van der Waals surface area contributed by atoms with Crippen molar-refractivity contribution in [1.82, 2.24) is 10.3 Å². The number of nitrogens with one attached hydrogen (secondary N) is 2. The van der Waals surface area contributed by atoms with Crippen LogP contribution >= 0.6 is 0 Å². The number of carbonyl (C=O) groups excluding carboxylic acids is 1. The van der Waals surface area contributed by atoms with E-state index in [0.717, 1.165) is 17.5 Å². The van der Waals surface area contributed by atoms with Crippen LogP contribution in [0.5, 0.6) is 0 Å². The molecule has 2 N–H and O–H groups in total. The predicted octanol–water partition coefficient (Wildman–Crippen LogP) is 5.13. The number of para-hydroxylation sites is 1. The molecule has 130 valence electrons. The van der Waals surface area contributed by atoms with E-state index in [2.05, 4.69) is 52.8 Å². The summed E-state index contributed by atoms with van der Waals surface area (Å²) in [4.78, 5) is 15.7. The number of benzene rings is 3. The van der Waals surface area contributed by atoms with Gasteiger partial charge >= 0.3 is 0 Å². The number of amides is 1. The summed E-state index contributed by atoms with van der Waals surface area (Å²) in [5.74, 6) is 0.0796. The van der Waals surface area contributed by atoms with Gasteiger partial charge in [-0.3, -0.25) is 4.79 Å². The van der Waals surface area contributed by atoms with Gasteiger partial charge in [-0.2, -0.15) is 0 Å². The summed E-state index contributed by atoms with van der Waals surface area (Å²) < 4.78 is 0. The van der Waals surface area contributed by atoms with Gasteiger partial charge in [0.05, 0.1) is 6.04 Å². The van der Waals surface area contributed by atoms with E-state index in [1.807, 2.05) is 37.4 Å². The molecule has 4 rings (SSSR count). The summed E-state index contributed by atoms with van der Waals surface area (Å²) in [6, 6.07) is 22.8. The maximum atomic E-state index is 12.4. The Kier molecular flexibility index (Phi) is 4.44. The molecule has 0 aliphatic heterocycles. The number of fused-ring (bicyclic) bond motifs is 2. The standard InChI is InChI=1S/C23H22N2O/c1-16(18-11-10-17-6-2-3-7-19(17)14-18)25-23(26)13-12-20-15-24-22-9-5-4-8-21(20)22/h2-11,14-16,24H,12-13H2,1H3,(H,25,26). The number of hydrogen-bond acceptors (Lipinski definition) is 1. The molecule has 0 fully saturated rings. The van der Waals surface area contributed by atoms with E-state index in [-0.39, 0.29) is 11.9 Å². The Balaban J connectivity index is 1.40. The molecular formula is C23H22N2O. The highest BCUT2D eigenvalue weighted by atomic mass is 16.1. The number of hydrogen-bond donors (Lipinski definition) is 2. The minimum atomic E-state index is -0.00456. The van der Waals surface area contributed by atoms with E-state index in [4.69, 9.17) is 0 Å². The van der Waals surface area contributed by atoms with E-state index in [1.54, 1.807) is 0 Å². The minimum absolute atomic E-state index is 0.00456. The van der Waals surface area contributed by atoms with Gasteiger partial charge in [-0.1, -0.05) is 54.6 Å². The molecule has 1 amide bonds. The SMILES string of the molecule is CC(NC(=O)CCc1c[nH]c2ccccc12)c1ccc2ccccc2c1. The molecule has 0 spiro atoms. The molecule has 0 bridgehead atoms. The van der Waals surface area contributed by atoms with Gasteiger partial charge in [-0.15, -0.1) is 0 Å². The first-order valence-corrected chi connectivity index (χ1v) is 9.04. The molecule has 0 radical (unpaired) electrons. The lowest BCUT2D eigenvalue weighted by Gasteiger charge is -2.15. The molecule has 0 aliphatic rings. The molecule has 3 nitrogen and oxygen atoms in total. The van der Waals surface area contributed by atoms with Crippen molar-refractivity contribution < 1.29 is 4.79 Å². The molecule has 0 saturated heterocycles. The van der Waals surface area contributed by atoms with Gasteiger partial charge < -0.3 is 10.3 Å². The van der Waals surface area contributed by atoms with E-state index >= 15 is 0 Å². The number of H-pyrrole nitrogens is 1. The molecule has 1 aromatic heterocycles. The van der Waals surface area contributed by atoms with E-state index in [9.17, 15) is 4.79 Å². The predicted molar refractivity (Wildman–Crippen MR) is 107 cm³/mol. The van der Waals surface area contributed by atoms with Crippen LogP contribution in [-0.2, 0) is 11.2 Å². The van der Waals surface area contributed by atoms with Crippen molar-refractivity contribution in [1.29, 1.82) is 0 Å². The smallest absolute Gasteiger partial charge is 0.220 e. The van der Waals surface area contributed by atoms with Crippen molar-refractivity contribution in [3.63, 3.8) is 0 Å². The third-order valence-electron chi connectivity index (χ3n) is 4.95. The Morgan fingerprint density at radius 2 is 1.77 bits per heavy atom. The Bertz CT molecular complexity index is 1060. The average molecular weight is 342 g/mol. The van der Waals surface area contributed by atoms with Crippen LogP contribution in [0, 0.1) is 0 Å². The molecule has 1 atom stereocenters. The molecule has 26 heavy (non-hydrogen) atoms. The third-order valence-corrected chi connectivity index (χ3v) is 4.95. The Hall–Kier alpha value is -3.07. The van der Waals surface area contributed by atoms with Gasteiger partial charge in [0.25, 0.3) is 0 Å². The topological polar surface area (TPSA) is 44.9 Å². The Morgan fingerprint density at radius 3 is 2.65 bits per heavy atom. The quantitative estimate of drug-likeness (QED) is 0.519. The maximum absolute atomic E-state index is 12.4. The second-order valence-electron chi connectivity index (χ2n) is 6.76. The van der Waals surface area contributed by atoms with Gasteiger partial charge in [0.1, 0.15) is 0 Å². The number of aromatic nitrogens is 1. The highest BCUT2D eigenvalue weighted by Crippen LogP contribution is 2.21. The van der Waals surface area contributed by atoms with Crippen molar-refractivity contribution in [3.05, 3.63) is 84.1 Å². The zero-order valence-corrected chi connectivity index (χ0v) is 14.8. The van der Waals surface area contributed by atoms with E-state index in [0.29, 0.717) is 6.42 Å². The van der Waals surface area contributed by atoms with Crippen LogP contribution in [0.15, 0.2) is 72.9 Å². The summed E-state index contributed by atoms with van der Waals surface area (Å²) in [6.07, 6.45) is 3.23. The second-order valence-corrected chi connectivity index (χ2v) is 6.76. The van der Waals surface area contributed by atoms with Crippen molar-refractivity contribution >= 4 is 27.6 Å². The molecular weight excluding hydrogens is 320 g/mol. The molecule has 0 saturated carbocycles. The lowest BCUT2D eigenvalue weighted by atomic mass is 10.0. The summed E-state index contributed by atoms with van der Waals surface area (Å²) >= 11 is 0. The molecule has 3 aromatic carbocycles. The van der Waals surface area contributed by atoms with Crippen LogP contribution < -0.4 is 5.32 Å². The fourth-order valence-electron chi connectivity index (χ4n) is 3.46. The van der Waals surface area contributed by atoms with Crippen LogP contribution in [0.1, 0.15) is 30.5 Å². The first-order chi connectivity index (χ1) is 12.7. The highest BCUT2D eigenvalue weighted by Gasteiger charge is 2.11. The van der Waals surface area contributed by atoms with E-state index in [1.165, 1.54) is 21.7 Å². The fourth-order valence-corrected chi connectivity index (χ4v) is 3.46. The number of aryl methyl sites for hydroxylation is 1.